The number of esters is 2. The summed E-state index contributed by atoms with van der Waals surface area (Å²) in [6.45, 7) is 11.6. The molecule has 4 rings (SSSR count). The fourth-order valence-electron chi connectivity index (χ4n) is 9.43. The van der Waals surface area contributed by atoms with E-state index >= 15 is 4.39 Å². The molecule has 0 aromatic carbocycles. The Bertz CT molecular complexity index is 1120. The van der Waals surface area contributed by atoms with Crippen LogP contribution in [0.15, 0.2) is 23.8 Å². The van der Waals surface area contributed by atoms with Crippen molar-refractivity contribution in [2.45, 2.75) is 142 Å². The van der Waals surface area contributed by atoms with Crippen LogP contribution in [0.3, 0.4) is 0 Å². The first-order chi connectivity index (χ1) is 20.3. The Labute approximate surface area is 258 Å². The first kappa shape index (κ1) is 33.9. The number of Topliss-reactive ketones (excluding diaryl/α,β-unsaturated/α-hetero) is 1. The van der Waals surface area contributed by atoms with Crippen molar-refractivity contribution < 1.29 is 33.4 Å². The minimum Gasteiger partial charge on any atom is -0.457 e. The molecule has 43 heavy (non-hydrogen) atoms. The summed E-state index contributed by atoms with van der Waals surface area (Å²) in [5.74, 6) is -1.99. The van der Waals surface area contributed by atoms with Crippen molar-refractivity contribution in [1.82, 2.24) is 0 Å². The standard InChI is InChI=1S/C36H55FO6/c1-7-10-16-32(41)43-36(30(39)23-42-31(40)17-13-14-24(4)8-2)25(9-3)21-28-27-19-18-26-15-11-12-20-33(26,5)35(27,37)29(38)22-34(28,36)6/h12,15,20,24-25,27-29,38H,7-11,13-14,16-19,21-23H2,1-6H3. The number of carbonyl (C=O) groups is 3. The van der Waals surface area contributed by atoms with Gasteiger partial charge in [-0.05, 0) is 70.1 Å². The van der Waals surface area contributed by atoms with Gasteiger partial charge in [-0.2, -0.15) is 0 Å². The maximum Gasteiger partial charge on any atom is 0.306 e. The molecule has 0 heterocycles. The monoisotopic (exact) mass is 602 g/mol. The number of rotatable bonds is 13. The molecule has 0 radical (unpaired) electrons. The fraction of sp³-hybridized carbons (Fsp3) is 0.806. The topological polar surface area (TPSA) is 89.9 Å². The first-order valence-electron chi connectivity index (χ1n) is 17.0. The third kappa shape index (κ3) is 5.55. The van der Waals surface area contributed by atoms with E-state index in [1.54, 1.807) is 0 Å². The molecule has 6 nitrogen and oxygen atoms in total. The zero-order valence-corrected chi connectivity index (χ0v) is 27.4. The summed E-state index contributed by atoms with van der Waals surface area (Å²) in [4.78, 5) is 40.5. The Morgan fingerprint density at radius 2 is 1.81 bits per heavy atom. The highest BCUT2D eigenvalue weighted by Gasteiger charge is 2.77. The predicted octanol–water partition coefficient (Wildman–Crippen LogP) is 7.62. The molecular formula is C36H55FO6. The molecular weight excluding hydrogens is 547 g/mol. The van der Waals surface area contributed by atoms with E-state index in [9.17, 15) is 19.5 Å². The van der Waals surface area contributed by atoms with E-state index in [-0.39, 0.29) is 31.1 Å². The molecule has 242 valence electrons. The summed E-state index contributed by atoms with van der Waals surface area (Å²) in [6.07, 6.45) is 12.3. The summed E-state index contributed by atoms with van der Waals surface area (Å²) in [6, 6.07) is 0. The van der Waals surface area contributed by atoms with E-state index in [1.807, 2.05) is 39.8 Å². The van der Waals surface area contributed by atoms with E-state index < -0.39 is 58.5 Å². The lowest BCUT2D eigenvalue weighted by molar-refractivity contribution is -0.229. The smallest absolute Gasteiger partial charge is 0.306 e. The van der Waals surface area contributed by atoms with Crippen LogP contribution in [-0.2, 0) is 23.9 Å². The summed E-state index contributed by atoms with van der Waals surface area (Å²) in [7, 11) is 0. The molecule has 0 amide bonds. The van der Waals surface area contributed by atoms with Crippen LogP contribution in [0.1, 0.15) is 125 Å². The van der Waals surface area contributed by atoms with Crippen LogP contribution >= 0.6 is 0 Å². The van der Waals surface area contributed by atoms with Crippen LogP contribution in [0, 0.1) is 34.5 Å². The zero-order valence-electron chi connectivity index (χ0n) is 27.4. The Kier molecular flexibility index (Phi) is 10.4. The number of unbranched alkanes of at least 4 members (excludes halogenated alkanes) is 1. The van der Waals surface area contributed by atoms with Crippen molar-refractivity contribution in [2.75, 3.05) is 6.61 Å². The van der Waals surface area contributed by atoms with Gasteiger partial charge in [-0.1, -0.05) is 77.7 Å². The van der Waals surface area contributed by atoms with Crippen molar-refractivity contribution in [3.63, 3.8) is 0 Å². The maximum atomic E-state index is 17.7. The lowest BCUT2D eigenvalue weighted by atomic mass is 9.44. The second-order valence-electron chi connectivity index (χ2n) is 14.4. The third-order valence-electron chi connectivity index (χ3n) is 12.1. The van der Waals surface area contributed by atoms with Gasteiger partial charge in [0.05, 0.1) is 6.10 Å². The quantitative estimate of drug-likeness (QED) is 0.172. The maximum absolute atomic E-state index is 17.7. The Balaban J connectivity index is 1.68. The molecule has 3 saturated carbocycles. The fourth-order valence-corrected chi connectivity index (χ4v) is 9.43. The lowest BCUT2D eigenvalue weighted by Crippen LogP contribution is -2.70. The van der Waals surface area contributed by atoms with Crippen molar-refractivity contribution in [1.29, 1.82) is 0 Å². The minimum absolute atomic E-state index is 0.00642. The van der Waals surface area contributed by atoms with Gasteiger partial charge in [0.15, 0.2) is 17.9 Å². The van der Waals surface area contributed by atoms with Crippen molar-refractivity contribution in [3.05, 3.63) is 23.8 Å². The number of alkyl halides is 1. The summed E-state index contributed by atoms with van der Waals surface area (Å²) in [5, 5.41) is 11.8. The highest BCUT2D eigenvalue weighted by Crippen LogP contribution is 2.72. The number of ketones is 1. The van der Waals surface area contributed by atoms with Crippen LogP contribution in [0.5, 0.6) is 0 Å². The highest BCUT2D eigenvalue weighted by molar-refractivity contribution is 5.93. The van der Waals surface area contributed by atoms with Gasteiger partial charge in [-0.3, -0.25) is 14.4 Å². The zero-order chi connectivity index (χ0) is 31.6. The number of aliphatic hydroxyl groups is 1. The van der Waals surface area contributed by atoms with Crippen molar-refractivity contribution >= 4 is 17.7 Å². The van der Waals surface area contributed by atoms with Crippen LogP contribution in [0.25, 0.3) is 0 Å². The first-order valence-corrected chi connectivity index (χ1v) is 17.0. The molecule has 0 spiro atoms. The second-order valence-corrected chi connectivity index (χ2v) is 14.4. The van der Waals surface area contributed by atoms with Crippen LogP contribution in [0.4, 0.5) is 4.39 Å². The van der Waals surface area contributed by atoms with Gasteiger partial charge < -0.3 is 14.6 Å². The van der Waals surface area contributed by atoms with Crippen molar-refractivity contribution in [2.24, 2.45) is 34.5 Å². The number of ether oxygens (including phenoxy) is 2. The molecule has 1 N–H and O–H groups in total. The summed E-state index contributed by atoms with van der Waals surface area (Å²) >= 11 is 0. The average Bonchev–Trinajstić information content (AvgIpc) is 3.22. The van der Waals surface area contributed by atoms with E-state index in [1.165, 1.54) is 0 Å². The molecule has 4 aliphatic rings. The largest absolute Gasteiger partial charge is 0.457 e. The molecule has 4 aliphatic carbocycles. The van der Waals surface area contributed by atoms with Gasteiger partial charge in [0.2, 0.25) is 5.78 Å². The Hall–Kier alpha value is -2.02. The molecule has 9 atom stereocenters. The number of halogens is 1. The number of hydrogen-bond donors (Lipinski definition) is 1. The highest BCUT2D eigenvalue weighted by atomic mass is 19.1. The van der Waals surface area contributed by atoms with Crippen LogP contribution in [-0.4, -0.2) is 46.8 Å². The van der Waals surface area contributed by atoms with E-state index in [2.05, 4.69) is 19.9 Å². The molecule has 0 aromatic heterocycles. The van der Waals surface area contributed by atoms with Crippen LogP contribution in [0.2, 0.25) is 0 Å². The lowest BCUT2D eigenvalue weighted by Gasteiger charge is -2.63. The molecule has 0 aliphatic heterocycles. The normalized spacial score (nSPS) is 38.7. The van der Waals surface area contributed by atoms with Crippen molar-refractivity contribution in [3.8, 4) is 0 Å². The Morgan fingerprint density at radius 3 is 2.49 bits per heavy atom. The number of hydrogen-bond acceptors (Lipinski definition) is 6. The Morgan fingerprint density at radius 1 is 1.09 bits per heavy atom. The molecule has 0 bridgehead atoms. The molecule has 0 saturated heterocycles. The van der Waals surface area contributed by atoms with Crippen LogP contribution < -0.4 is 0 Å². The molecule has 0 aromatic rings. The second kappa shape index (κ2) is 13.1. The number of aliphatic hydroxyl groups excluding tert-OH is 1. The number of fused-ring (bicyclic) bond motifs is 5. The van der Waals surface area contributed by atoms with Gasteiger partial charge >= 0.3 is 11.9 Å². The van der Waals surface area contributed by atoms with E-state index in [4.69, 9.17) is 9.47 Å². The van der Waals surface area contributed by atoms with E-state index in [0.717, 1.165) is 37.7 Å². The van der Waals surface area contributed by atoms with Gasteiger partial charge in [-0.25, -0.2) is 4.39 Å². The summed E-state index contributed by atoms with van der Waals surface area (Å²) < 4.78 is 29.6. The van der Waals surface area contributed by atoms with Gasteiger partial charge in [0, 0.05) is 35.5 Å². The third-order valence-corrected chi connectivity index (χ3v) is 12.1. The van der Waals surface area contributed by atoms with Gasteiger partial charge in [0.1, 0.15) is 0 Å². The number of allylic oxidation sites excluding steroid dienone is 4. The molecule has 7 heteroatoms. The molecule has 3 fully saturated rings. The minimum atomic E-state index is -1.90. The molecule has 9 unspecified atom stereocenters. The summed E-state index contributed by atoms with van der Waals surface area (Å²) in [5.41, 5.74) is -4.39. The SMILES string of the molecule is CCCCC(=O)OC1(C(=O)COC(=O)CCCC(C)CC)C(CC)CC2C3CCC4=CCC=CC4(C)C3(F)C(O)CC21C. The average molecular weight is 603 g/mol. The predicted molar refractivity (Wildman–Crippen MR) is 165 cm³/mol. The number of carbonyl (C=O) groups excluding carboxylic acids is 3. The van der Waals surface area contributed by atoms with Gasteiger partial charge in [0.25, 0.3) is 0 Å². The van der Waals surface area contributed by atoms with E-state index in [0.29, 0.717) is 38.0 Å². The van der Waals surface area contributed by atoms with Gasteiger partial charge in [-0.15, -0.1) is 0 Å².